The second-order valence-corrected chi connectivity index (χ2v) is 3.99. The first-order valence-electron chi connectivity index (χ1n) is 5.25. The molecule has 1 aliphatic heterocycles. The van der Waals surface area contributed by atoms with E-state index >= 15 is 0 Å². The zero-order valence-electron chi connectivity index (χ0n) is 9.46. The Morgan fingerprint density at radius 3 is 3.00 bits per heavy atom. The molecule has 0 aromatic carbocycles. The van der Waals surface area contributed by atoms with Crippen molar-refractivity contribution in [1.29, 1.82) is 0 Å². The van der Waals surface area contributed by atoms with Crippen LogP contribution in [-0.2, 0) is 9.59 Å². The van der Waals surface area contributed by atoms with E-state index in [1.54, 1.807) is 30.4 Å². The van der Waals surface area contributed by atoms with Gasteiger partial charge in [0.25, 0.3) is 0 Å². The predicted molar refractivity (Wildman–Crippen MR) is 61.6 cm³/mol. The lowest BCUT2D eigenvalue weighted by molar-refractivity contribution is -0.127. The Bertz CT molecular complexity index is 482. The van der Waals surface area contributed by atoms with Crippen molar-refractivity contribution in [1.82, 2.24) is 9.88 Å². The Morgan fingerprint density at radius 2 is 2.41 bits per heavy atom. The fourth-order valence-electron chi connectivity index (χ4n) is 2.08. The fraction of sp³-hybridized carbons (Fsp3) is 0.250. The van der Waals surface area contributed by atoms with E-state index in [0.717, 1.165) is 11.1 Å². The van der Waals surface area contributed by atoms with E-state index in [4.69, 9.17) is 5.73 Å². The first kappa shape index (κ1) is 11.3. The van der Waals surface area contributed by atoms with Crippen LogP contribution in [0.5, 0.6) is 0 Å². The van der Waals surface area contributed by atoms with Crippen molar-refractivity contribution in [3.63, 3.8) is 0 Å². The number of aromatic nitrogens is 1. The third-order valence-corrected chi connectivity index (χ3v) is 2.82. The number of carbonyl (C=O) groups is 2. The Kier molecular flexibility index (Phi) is 2.91. The Labute approximate surface area is 98.9 Å². The number of amides is 2. The monoisotopic (exact) mass is 231 g/mol. The van der Waals surface area contributed by atoms with Gasteiger partial charge in [0.05, 0.1) is 12.5 Å². The second kappa shape index (κ2) is 4.37. The highest BCUT2D eigenvalue weighted by Crippen LogP contribution is 2.35. The summed E-state index contributed by atoms with van der Waals surface area (Å²) < 4.78 is 0. The molecular formula is C12H13N3O2. The number of nitrogens with zero attached hydrogens (tertiary/aromatic N) is 2. The van der Waals surface area contributed by atoms with Gasteiger partial charge in [0.15, 0.2) is 0 Å². The summed E-state index contributed by atoms with van der Waals surface area (Å²) in [6.45, 7) is 0. The molecule has 17 heavy (non-hydrogen) atoms. The number of hydrogen-bond donors (Lipinski definition) is 1. The molecule has 0 saturated carbocycles. The largest absolute Gasteiger partial charge is 0.366 e. The van der Waals surface area contributed by atoms with Gasteiger partial charge in [0.1, 0.15) is 0 Å². The van der Waals surface area contributed by atoms with Gasteiger partial charge in [-0.1, -0.05) is 6.07 Å². The number of likely N-dealkylation sites (N-methyl/N-ethyl adjacent to an activating group) is 1. The minimum atomic E-state index is -0.531. The van der Waals surface area contributed by atoms with Crippen LogP contribution in [0.15, 0.2) is 36.2 Å². The molecule has 0 aliphatic carbocycles. The van der Waals surface area contributed by atoms with Crippen LogP contribution in [0.2, 0.25) is 0 Å². The van der Waals surface area contributed by atoms with Crippen LogP contribution >= 0.6 is 0 Å². The molecule has 0 radical (unpaired) electrons. The lowest BCUT2D eigenvalue weighted by Crippen LogP contribution is -2.23. The predicted octanol–water partition coefficient (Wildman–Crippen LogP) is 0.396. The van der Waals surface area contributed by atoms with Gasteiger partial charge in [0.2, 0.25) is 11.8 Å². The standard InChI is InChI=1S/C12H13N3O2/c1-15-11(17)6-9(5-10(13)16)12(15)8-3-2-4-14-7-8/h2-5,7,12H,6H2,1H3,(H2,13,16)/b9-5+/t12-/m0/s1. The molecule has 0 unspecified atom stereocenters. The van der Waals surface area contributed by atoms with Crippen LogP contribution in [0.25, 0.3) is 0 Å². The summed E-state index contributed by atoms with van der Waals surface area (Å²) in [5.74, 6) is -0.552. The van der Waals surface area contributed by atoms with Crippen molar-refractivity contribution in [3.05, 3.63) is 41.7 Å². The van der Waals surface area contributed by atoms with E-state index in [2.05, 4.69) is 4.98 Å². The Morgan fingerprint density at radius 1 is 1.65 bits per heavy atom. The zero-order chi connectivity index (χ0) is 12.4. The van der Waals surface area contributed by atoms with Gasteiger partial charge >= 0.3 is 0 Å². The molecule has 88 valence electrons. The average Bonchev–Trinajstić information content (AvgIpc) is 2.55. The summed E-state index contributed by atoms with van der Waals surface area (Å²) in [5, 5.41) is 0. The molecule has 5 heteroatoms. The highest BCUT2D eigenvalue weighted by molar-refractivity contribution is 5.91. The number of hydrogen-bond acceptors (Lipinski definition) is 3. The second-order valence-electron chi connectivity index (χ2n) is 3.99. The SMILES string of the molecule is CN1C(=O)C/C(=C\C(N)=O)[C@@H]1c1cccnc1. The average molecular weight is 231 g/mol. The van der Waals surface area contributed by atoms with Crippen LogP contribution < -0.4 is 5.73 Å². The summed E-state index contributed by atoms with van der Waals surface area (Å²) in [5.41, 5.74) is 6.75. The Hall–Kier alpha value is -2.17. The molecule has 1 saturated heterocycles. The maximum Gasteiger partial charge on any atom is 0.241 e. The molecule has 1 aromatic rings. The van der Waals surface area contributed by atoms with E-state index in [1.165, 1.54) is 6.08 Å². The van der Waals surface area contributed by atoms with Crippen LogP contribution in [0.1, 0.15) is 18.0 Å². The molecule has 2 N–H and O–H groups in total. The molecule has 0 spiro atoms. The molecule has 2 heterocycles. The van der Waals surface area contributed by atoms with Crippen LogP contribution in [0.4, 0.5) is 0 Å². The zero-order valence-corrected chi connectivity index (χ0v) is 9.46. The number of rotatable bonds is 2. The van der Waals surface area contributed by atoms with E-state index in [0.29, 0.717) is 0 Å². The number of carbonyl (C=O) groups excluding carboxylic acids is 2. The van der Waals surface area contributed by atoms with Crippen molar-refractivity contribution in [3.8, 4) is 0 Å². The Balaban J connectivity index is 2.41. The van der Waals surface area contributed by atoms with Crippen molar-refractivity contribution < 1.29 is 9.59 Å². The van der Waals surface area contributed by atoms with Gasteiger partial charge in [-0.25, -0.2) is 0 Å². The molecule has 2 amide bonds. The van der Waals surface area contributed by atoms with Crippen molar-refractivity contribution >= 4 is 11.8 Å². The summed E-state index contributed by atoms with van der Waals surface area (Å²) >= 11 is 0. The van der Waals surface area contributed by atoms with Crippen LogP contribution in [0, 0.1) is 0 Å². The van der Waals surface area contributed by atoms with Gasteiger partial charge in [-0.3, -0.25) is 14.6 Å². The fourth-order valence-corrected chi connectivity index (χ4v) is 2.08. The van der Waals surface area contributed by atoms with Gasteiger partial charge in [-0.15, -0.1) is 0 Å². The summed E-state index contributed by atoms with van der Waals surface area (Å²) in [7, 11) is 1.71. The van der Waals surface area contributed by atoms with Crippen molar-refractivity contribution in [2.24, 2.45) is 5.73 Å². The van der Waals surface area contributed by atoms with Crippen LogP contribution in [0.3, 0.4) is 0 Å². The third kappa shape index (κ3) is 2.18. The van der Waals surface area contributed by atoms with E-state index in [-0.39, 0.29) is 18.4 Å². The highest BCUT2D eigenvalue weighted by Gasteiger charge is 2.33. The summed E-state index contributed by atoms with van der Waals surface area (Å²) in [6.07, 6.45) is 4.92. The first-order valence-corrected chi connectivity index (χ1v) is 5.25. The molecular weight excluding hydrogens is 218 g/mol. The summed E-state index contributed by atoms with van der Waals surface area (Å²) in [4.78, 5) is 28.2. The van der Waals surface area contributed by atoms with Gasteiger partial charge in [0, 0.05) is 25.5 Å². The number of likely N-dealkylation sites (tertiary alicyclic amines) is 1. The van der Waals surface area contributed by atoms with Gasteiger partial charge in [-0.2, -0.15) is 0 Å². The molecule has 0 bridgehead atoms. The third-order valence-electron chi connectivity index (χ3n) is 2.82. The highest BCUT2D eigenvalue weighted by atomic mass is 16.2. The minimum absolute atomic E-state index is 0.0219. The minimum Gasteiger partial charge on any atom is -0.366 e. The lowest BCUT2D eigenvalue weighted by Gasteiger charge is -2.20. The maximum absolute atomic E-state index is 11.7. The number of primary amides is 1. The quantitative estimate of drug-likeness (QED) is 0.748. The molecule has 1 aromatic heterocycles. The van der Waals surface area contributed by atoms with Gasteiger partial charge < -0.3 is 10.6 Å². The lowest BCUT2D eigenvalue weighted by atomic mass is 10.0. The van der Waals surface area contributed by atoms with Crippen molar-refractivity contribution in [2.45, 2.75) is 12.5 Å². The first-order chi connectivity index (χ1) is 8.09. The molecule has 1 fully saturated rings. The molecule has 1 atom stereocenters. The summed E-state index contributed by atoms with van der Waals surface area (Å²) in [6, 6.07) is 3.44. The van der Waals surface area contributed by atoms with Crippen molar-refractivity contribution in [2.75, 3.05) is 7.05 Å². The molecule has 2 rings (SSSR count). The van der Waals surface area contributed by atoms with E-state index < -0.39 is 5.91 Å². The van der Waals surface area contributed by atoms with Gasteiger partial charge in [-0.05, 0) is 17.2 Å². The van der Waals surface area contributed by atoms with E-state index in [1.807, 2.05) is 6.07 Å². The number of pyridine rings is 1. The molecule has 1 aliphatic rings. The van der Waals surface area contributed by atoms with E-state index in [9.17, 15) is 9.59 Å². The van der Waals surface area contributed by atoms with Crippen LogP contribution in [-0.4, -0.2) is 28.7 Å². The maximum atomic E-state index is 11.7. The molecule has 5 nitrogen and oxygen atoms in total. The number of nitrogens with two attached hydrogens (primary N) is 1. The normalized spacial score (nSPS) is 22.2. The topological polar surface area (TPSA) is 76.3 Å². The smallest absolute Gasteiger partial charge is 0.241 e.